The maximum absolute atomic E-state index is 13.8. The minimum absolute atomic E-state index is 0.226. The van der Waals surface area contributed by atoms with Crippen molar-refractivity contribution in [2.24, 2.45) is 0 Å². The van der Waals surface area contributed by atoms with Crippen molar-refractivity contribution in [3.63, 3.8) is 0 Å². The second-order valence-corrected chi connectivity index (χ2v) is 10.1. The van der Waals surface area contributed by atoms with Gasteiger partial charge in [0.25, 0.3) is 0 Å². The lowest BCUT2D eigenvalue weighted by Crippen LogP contribution is -2.39. The van der Waals surface area contributed by atoms with Gasteiger partial charge in [-0.05, 0) is 45.2 Å². The van der Waals surface area contributed by atoms with Crippen molar-refractivity contribution >= 4 is 17.5 Å². The Kier molecular flexibility index (Phi) is 5.71. The van der Waals surface area contributed by atoms with E-state index in [1.807, 2.05) is 0 Å². The second-order valence-electron chi connectivity index (χ2n) is 10.1. The topological polar surface area (TPSA) is 79.2 Å². The first-order valence-electron chi connectivity index (χ1n) is 12.5. The summed E-state index contributed by atoms with van der Waals surface area (Å²) in [6, 6.07) is 0. The van der Waals surface area contributed by atoms with Crippen LogP contribution in [0.1, 0.15) is 73.4 Å². The molecule has 1 amide bonds. The van der Waals surface area contributed by atoms with Crippen LogP contribution >= 0.6 is 0 Å². The summed E-state index contributed by atoms with van der Waals surface area (Å²) in [5.41, 5.74) is 1.61. The molecule has 5 heterocycles. The van der Waals surface area contributed by atoms with E-state index in [0.29, 0.717) is 23.2 Å². The molecule has 6 rings (SSSR count). The first kappa shape index (κ1) is 21.9. The number of carbonyl (C=O) groups is 1. The third-order valence-corrected chi connectivity index (χ3v) is 7.79. The molecular formula is C24H31F2N7O. The van der Waals surface area contributed by atoms with E-state index in [4.69, 9.17) is 4.98 Å². The van der Waals surface area contributed by atoms with Crippen LogP contribution in [-0.4, -0.2) is 69.5 Å². The number of rotatable bonds is 7. The number of hydrogen-bond acceptors (Lipinski definition) is 6. The lowest BCUT2D eigenvalue weighted by molar-refractivity contribution is -0.117. The molecule has 8 nitrogen and oxygen atoms in total. The third-order valence-electron chi connectivity index (χ3n) is 7.79. The van der Waals surface area contributed by atoms with Gasteiger partial charge < -0.3 is 19.7 Å². The fourth-order valence-corrected chi connectivity index (χ4v) is 5.52. The van der Waals surface area contributed by atoms with Gasteiger partial charge in [-0.1, -0.05) is 0 Å². The number of alkyl halides is 2. The van der Waals surface area contributed by atoms with Crippen molar-refractivity contribution in [2.45, 2.75) is 69.2 Å². The fraction of sp³-hybridized carbons (Fsp3) is 0.667. The average Bonchev–Trinajstić information content (AvgIpc) is 3.57. The van der Waals surface area contributed by atoms with Gasteiger partial charge in [-0.25, -0.2) is 23.7 Å². The minimum atomic E-state index is -2.63. The number of anilines is 2. The van der Waals surface area contributed by atoms with Gasteiger partial charge in [-0.3, -0.25) is 4.79 Å². The Hall–Kier alpha value is -2.62. The Morgan fingerprint density at radius 1 is 1.03 bits per heavy atom. The van der Waals surface area contributed by atoms with Crippen LogP contribution in [0.15, 0.2) is 12.5 Å². The van der Waals surface area contributed by atoms with Gasteiger partial charge in [0.05, 0.1) is 11.6 Å². The Bertz CT molecular complexity index is 1060. The van der Waals surface area contributed by atoms with Crippen molar-refractivity contribution < 1.29 is 13.6 Å². The zero-order chi connectivity index (χ0) is 23.2. The van der Waals surface area contributed by atoms with E-state index in [2.05, 4.69) is 35.8 Å². The number of amides is 1. The highest BCUT2D eigenvalue weighted by Gasteiger charge is 2.38. The fourth-order valence-electron chi connectivity index (χ4n) is 5.52. The SMILES string of the molecule is O=C1C[C@@H](C(F)F)c2c(ncnc2N2CCC(c3nc(C4CC4)cn3CCN3CCC3)CC2)N1. The number of likely N-dealkylation sites (tertiary alicyclic amines) is 1. The first-order valence-corrected chi connectivity index (χ1v) is 12.5. The van der Waals surface area contributed by atoms with Crippen molar-refractivity contribution in [1.29, 1.82) is 0 Å². The lowest BCUT2D eigenvalue weighted by Gasteiger charge is -2.36. The predicted octanol–water partition coefficient (Wildman–Crippen LogP) is 3.33. The van der Waals surface area contributed by atoms with Crippen molar-refractivity contribution in [1.82, 2.24) is 24.4 Å². The summed E-state index contributed by atoms with van der Waals surface area (Å²) < 4.78 is 30.0. The summed E-state index contributed by atoms with van der Waals surface area (Å²) in [4.78, 5) is 30.0. The number of carbonyl (C=O) groups excluding carboxylic acids is 1. The molecule has 0 radical (unpaired) electrons. The van der Waals surface area contributed by atoms with Gasteiger partial charge in [-0.15, -0.1) is 0 Å². The van der Waals surface area contributed by atoms with E-state index in [0.717, 1.165) is 39.0 Å². The molecule has 2 saturated heterocycles. The molecule has 0 aromatic carbocycles. The summed E-state index contributed by atoms with van der Waals surface area (Å²) in [6.07, 6.45) is 6.33. The van der Waals surface area contributed by atoms with E-state index < -0.39 is 18.3 Å². The van der Waals surface area contributed by atoms with E-state index >= 15 is 0 Å². The highest BCUT2D eigenvalue weighted by molar-refractivity contribution is 5.94. The maximum Gasteiger partial charge on any atom is 0.246 e. The van der Waals surface area contributed by atoms with Crippen molar-refractivity contribution in [3.05, 3.63) is 29.6 Å². The van der Waals surface area contributed by atoms with Crippen LogP contribution in [0.5, 0.6) is 0 Å². The summed E-state index contributed by atoms with van der Waals surface area (Å²) in [5.74, 6) is 1.33. The molecule has 34 heavy (non-hydrogen) atoms. The molecule has 0 bridgehead atoms. The van der Waals surface area contributed by atoms with Crippen LogP contribution in [0.25, 0.3) is 0 Å². The highest BCUT2D eigenvalue weighted by Crippen LogP contribution is 2.43. The van der Waals surface area contributed by atoms with Gasteiger partial charge >= 0.3 is 0 Å². The molecule has 182 valence electrons. The molecule has 3 fully saturated rings. The standard InChI is InChI=1S/C24H31F2N7O/c25-21(26)17-12-19(34)30-22-20(17)24(28-14-27-22)32-8-4-16(5-9-32)23-29-18(15-2-3-15)13-33(23)11-10-31-6-1-7-31/h13-17,21H,1-12H2,(H,27,28,30,34)/t17-/m1/s1. The summed E-state index contributed by atoms with van der Waals surface area (Å²) in [7, 11) is 0. The normalized spacial score (nSPS) is 23.7. The van der Waals surface area contributed by atoms with E-state index in [9.17, 15) is 13.6 Å². The second kappa shape index (κ2) is 8.87. The van der Waals surface area contributed by atoms with E-state index in [-0.39, 0.29) is 12.2 Å². The number of halogens is 2. The van der Waals surface area contributed by atoms with E-state index in [1.54, 1.807) is 0 Å². The summed E-state index contributed by atoms with van der Waals surface area (Å²) in [5, 5.41) is 2.65. The maximum atomic E-state index is 13.8. The Morgan fingerprint density at radius 2 is 1.82 bits per heavy atom. The molecule has 3 aliphatic heterocycles. The van der Waals surface area contributed by atoms with Crippen LogP contribution in [0.2, 0.25) is 0 Å². The van der Waals surface area contributed by atoms with Gasteiger partial charge in [0.2, 0.25) is 12.3 Å². The average molecular weight is 472 g/mol. The van der Waals surface area contributed by atoms with Crippen LogP contribution < -0.4 is 10.2 Å². The molecule has 1 N–H and O–H groups in total. The highest BCUT2D eigenvalue weighted by atomic mass is 19.3. The number of hydrogen-bond donors (Lipinski definition) is 1. The molecule has 1 saturated carbocycles. The number of nitrogens with zero attached hydrogens (tertiary/aromatic N) is 6. The smallest absolute Gasteiger partial charge is 0.246 e. The van der Waals surface area contributed by atoms with Crippen LogP contribution in [0, 0.1) is 0 Å². The molecule has 0 spiro atoms. The molecule has 0 unspecified atom stereocenters. The number of nitrogens with one attached hydrogen (secondary N) is 1. The van der Waals surface area contributed by atoms with Crippen LogP contribution in [-0.2, 0) is 11.3 Å². The molecule has 2 aromatic heterocycles. The van der Waals surface area contributed by atoms with Gasteiger partial charge in [0.1, 0.15) is 23.8 Å². The van der Waals surface area contributed by atoms with Gasteiger partial charge in [-0.2, -0.15) is 0 Å². The first-order chi connectivity index (χ1) is 16.6. The molecular weight excluding hydrogens is 440 g/mol. The number of piperidine rings is 1. The Morgan fingerprint density at radius 3 is 2.50 bits per heavy atom. The summed E-state index contributed by atoms with van der Waals surface area (Å²) >= 11 is 0. The Labute approximate surface area is 197 Å². The lowest BCUT2D eigenvalue weighted by atomic mass is 9.91. The third kappa shape index (κ3) is 4.16. The van der Waals surface area contributed by atoms with Crippen molar-refractivity contribution in [2.75, 3.05) is 42.9 Å². The molecule has 2 aromatic rings. The molecule has 10 heteroatoms. The van der Waals surface area contributed by atoms with Crippen LogP contribution in [0.3, 0.4) is 0 Å². The molecule has 1 aliphatic carbocycles. The van der Waals surface area contributed by atoms with Crippen molar-refractivity contribution in [3.8, 4) is 0 Å². The zero-order valence-corrected chi connectivity index (χ0v) is 19.3. The largest absolute Gasteiger partial charge is 0.356 e. The molecule has 1 atom stereocenters. The summed E-state index contributed by atoms with van der Waals surface area (Å²) in [6.45, 7) is 5.87. The molecule has 4 aliphatic rings. The number of aromatic nitrogens is 4. The predicted molar refractivity (Wildman–Crippen MR) is 123 cm³/mol. The zero-order valence-electron chi connectivity index (χ0n) is 19.3. The number of imidazole rings is 1. The van der Waals surface area contributed by atoms with Gasteiger partial charge in [0.15, 0.2) is 0 Å². The van der Waals surface area contributed by atoms with Crippen LogP contribution in [0.4, 0.5) is 20.4 Å². The van der Waals surface area contributed by atoms with Gasteiger partial charge in [0, 0.05) is 56.2 Å². The minimum Gasteiger partial charge on any atom is -0.356 e. The van der Waals surface area contributed by atoms with E-state index in [1.165, 1.54) is 50.2 Å². The quantitative estimate of drug-likeness (QED) is 0.668. The number of fused-ring (bicyclic) bond motifs is 1. The Balaban J connectivity index is 1.19. The monoisotopic (exact) mass is 471 g/mol.